The minimum absolute atomic E-state index is 0.413. The molecule has 1 fully saturated rings. The van der Waals surface area contributed by atoms with Crippen molar-refractivity contribution in [2.24, 2.45) is 5.73 Å². The number of H-pyrrole nitrogens is 1. The molecular formula is C13H17N5. The Morgan fingerprint density at radius 2 is 2.28 bits per heavy atom. The first-order chi connectivity index (χ1) is 8.88. The Labute approximate surface area is 106 Å². The maximum Gasteiger partial charge on any atom is 0.151 e. The molecule has 5 nitrogen and oxygen atoms in total. The highest BCUT2D eigenvalue weighted by atomic mass is 15.3. The van der Waals surface area contributed by atoms with E-state index >= 15 is 0 Å². The predicted molar refractivity (Wildman–Crippen MR) is 71.2 cm³/mol. The molecule has 1 unspecified atom stereocenters. The van der Waals surface area contributed by atoms with Gasteiger partial charge in [-0.1, -0.05) is 0 Å². The fraction of sp³-hybridized carbons (Fsp3) is 0.385. The number of nitrogens with two attached hydrogens (primary N) is 1. The highest BCUT2D eigenvalue weighted by Gasteiger charge is 2.24. The fourth-order valence-electron chi connectivity index (χ4n) is 2.49. The second-order valence-electron chi connectivity index (χ2n) is 4.59. The lowest BCUT2D eigenvalue weighted by Crippen LogP contribution is -2.36. The van der Waals surface area contributed by atoms with Crippen LogP contribution in [0.1, 0.15) is 12.8 Å². The average molecular weight is 243 g/mol. The van der Waals surface area contributed by atoms with Gasteiger partial charge in [-0.3, -0.25) is 0 Å². The summed E-state index contributed by atoms with van der Waals surface area (Å²) >= 11 is 0. The van der Waals surface area contributed by atoms with Gasteiger partial charge in [0.25, 0.3) is 0 Å². The molecule has 0 bridgehead atoms. The first-order valence-electron chi connectivity index (χ1n) is 6.32. The minimum atomic E-state index is 0.413. The van der Waals surface area contributed by atoms with Gasteiger partial charge in [0.05, 0.1) is 5.69 Å². The number of rotatable bonds is 3. The lowest BCUT2D eigenvalue weighted by Gasteiger charge is -2.23. The summed E-state index contributed by atoms with van der Waals surface area (Å²) in [6.07, 6.45) is 4.22. The molecule has 2 aromatic rings. The number of aromatic nitrogens is 3. The molecule has 0 aliphatic carbocycles. The van der Waals surface area contributed by atoms with Crippen molar-refractivity contribution in [3.8, 4) is 11.4 Å². The van der Waals surface area contributed by atoms with Crippen LogP contribution < -0.4 is 10.6 Å². The number of nitrogens with one attached hydrogen (secondary N) is 1. The predicted octanol–water partition coefficient (Wildman–Crippen LogP) is 1.40. The van der Waals surface area contributed by atoms with Crippen LogP contribution in [-0.4, -0.2) is 34.3 Å². The van der Waals surface area contributed by atoms with Crippen molar-refractivity contribution in [1.29, 1.82) is 0 Å². The van der Waals surface area contributed by atoms with E-state index in [1.165, 1.54) is 6.42 Å². The van der Waals surface area contributed by atoms with Gasteiger partial charge in [-0.05, 0) is 37.1 Å². The van der Waals surface area contributed by atoms with Crippen LogP contribution in [0.4, 0.5) is 5.82 Å². The Kier molecular flexibility index (Phi) is 2.98. The highest BCUT2D eigenvalue weighted by Crippen LogP contribution is 2.23. The van der Waals surface area contributed by atoms with Crippen LogP contribution in [0.25, 0.3) is 11.4 Å². The topological polar surface area (TPSA) is 70.8 Å². The number of hydrogen-bond acceptors (Lipinski definition) is 4. The maximum atomic E-state index is 5.77. The van der Waals surface area contributed by atoms with Gasteiger partial charge in [0.2, 0.25) is 0 Å². The van der Waals surface area contributed by atoms with Gasteiger partial charge in [-0.25, -0.2) is 0 Å². The molecule has 3 rings (SSSR count). The number of hydrogen-bond donors (Lipinski definition) is 2. The first-order valence-corrected chi connectivity index (χ1v) is 6.32. The SMILES string of the molecule is NCC1CCCN1c1ccc(-c2ccc[nH]2)nn1. The van der Waals surface area contributed by atoms with Crippen molar-refractivity contribution in [3.63, 3.8) is 0 Å². The molecule has 1 aliphatic rings. The molecule has 3 N–H and O–H groups in total. The molecule has 0 amide bonds. The van der Waals surface area contributed by atoms with E-state index in [2.05, 4.69) is 20.1 Å². The second-order valence-corrected chi connectivity index (χ2v) is 4.59. The van der Waals surface area contributed by atoms with Crippen LogP contribution in [-0.2, 0) is 0 Å². The lowest BCUT2D eigenvalue weighted by molar-refractivity contribution is 0.668. The van der Waals surface area contributed by atoms with E-state index in [4.69, 9.17) is 5.73 Å². The monoisotopic (exact) mass is 243 g/mol. The van der Waals surface area contributed by atoms with Gasteiger partial charge in [0.15, 0.2) is 5.82 Å². The molecule has 0 spiro atoms. The van der Waals surface area contributed by atoms with Crippen molar-refractivity contribution >= 4 is 5.82 Å². The van der Waals surface area contributed by atoms with Crippen LogP contribution >= 0.6 is 0 Å². The normalized spacial score (nSPS) is 19.4. The molecule has 0 radical (unpaired) electrons. The summed E-state index contributed by atoms with van der Waals surface area (Å²) in [6, 6.07) is 8.38. The zero-order valence-corrected chi connectivity index (χ0v) is 10.2. The Hall–Kier alpha value is -1.88. The van der Waals surface area contributed by atoms with Crippen LogP contribution in [0.2, 0.25) is 0 Å². The lowest BCUT2D eigenvalue weighted by atomic mass is 10.2. The zero-order chi connectivity index (χ0) is 12.4. The van der Waals surface area contributed by atoms with Gasteiger partial charge < -0.3 is 15.6 Å². The van der Waals surface area contributed by atoms with E-state index in [1.807, 2.05) is 30.5 Å². The van der Waals surface area contributed by atoms with Gasteiger partial charge in [0, 0.05) is 25.3 Å². The Morgan fingerprint density at radius 1 is 1.33 bits per heavy atom. The van der Waals surface area contributed by atoms with Crippen LogP contribution in [0.5, 0.6) is 0 Å². The van der Waals surface area contributed by atoms with Gasteiger partial charge in [0.1, 0.15) is 5.69 Å². The molecule has 0 saturated carbocycles. The van der Waals surface area contributed by atoms with Crippen molar-refractivity contribution in [3.05, 3.63) is 30.5 Å². The summed E-state index contributed by atoms with van der Waals surface area (Å²) in [6.45, 7) is 1.71. The summed E-state index contributed by atoms with van der Waals surface area (Å²) in [4.78, 5) is 5.38. The molecule has 5 heteroatoms. The van der Waals surface area contributed by atoms with E-state index in [0.717, 1.165) is 30.2 Å². The Morgan fingerprint density at radius 3 is 2.94 bits per heavy atom. The van der Waals surface area contributed by atoms with Crippen LogP contribution in [0, 0.1) is 0 Å². The minimum Gasteiger partial charge on any atom is -0.360 e. The number of anilines is 1. The third kappa shape index (κ3) is 1.97. The Bertz CT molecular complexity index is 491. The van der Waals surface area contributed by atoms with E-state index in [1.54, 1.807) is 0 Å². The number of nitrogens with zero attached hydrogens (tertiary/aromatic N) is 3. The summed E-state index contributed by atoms with van der Waals surface area (Å²) in [5.74, 6) is 0.929. The van der Waals surface area contributed by atoms with Crippen molar-refractivity contribution in [2.45, 2.75) is 18.9 Å². The first kappa shape index (κ1) is 11.2. The molecule has 18 heavy (non-hydrogen) atoms. The molecule has 1 saturated heterocycles. The quantitative estimate of drug-likeness (QED) is 0.854. The summed E-state index contributed by atoms with van der Waals surface area (Å²) in [7, 11) is 0. The molecule has 94 valence electrons. The van der Waals surface area contributed by atoms with Gasteiger partial charge in [-0.15, -0.1) is 10.2 Å². The van der Waals surface area contributed by atoms with Gasteiger partial charge >= 0.3 is 0 Å². The summed E-state index contributed by atoms with van der Waals surface area (Å²) in [5.41, 5.74) is 7.63. The molecule has 2 aromatic heterocycles. The average Bonchev–Trinajstić information content (AvgIpc) is 3.10. The largest absolute Gasteiger partial charge is 0.360 e. The van der Waals surface area contributed by atoms with Crippen molar-refractivity contribution in [1.82, 2.24) is 15.2 Å². The molecule has 1 atom stereocenters. The third-order valence-electron chi connectivity index (χ3n) is 3.47. The maximum absolute atomic E-state index is 5.77. The number of aromatic amines is 1. The summed E-state index contributed by atoms with van der Waals surface area (Å²) < 4.78 is 0. The summed E-state index contributed by atoms with van der Waals surface area (Å²) in [5, 5.41) is 8.59. The third-order valence-corrected chi connectivity index (χ3v) is 3.47. The van der Waals surface area contributed by atoms with E-state index in [0.29, 0.717) is 12.6 Å². The Balaban J connectivity index is 1.83. The smallest absolute Gasteiger partial charge is 0.151 e. The highest BCUT2D eigenvalue weighted by molar-refractivity contribution is 5.55. The fourth-order valence-corrected chi connectivity index (χ4v) is 2.49. The van der Waals surface area contributed by atoms with E-state index in [-0.39, 0.29) is 0 Å². The van der Waals surface area contributed by atoms with Crippen molar-refractivity contribution in [2.75, 3.05) is 18.0 Å². The second kappa shape index (κ2) is 4.78. The molecular weight excluding hydrogens is 226 g/mol. The molecule has 1 aliphatic heterocycles. The van der Waals surface area contributed by atoms with E-state index < -0.39 is 0 Å². The zero-order valence-electron chi connectivity index (χ0n) is 10.2. The van der Waals surface area contributed by atoms with E-state index in [9.17, 15) is 0 Å². The molecule has 0 aromatic carbocycles. The molecule has 3 heterocycles. The van der Waals surface area contributed by atoms with Crippen LogP contribution in [0.15, 0.2) is 30.5 Å². The van der Waals surface area contributed by atoms with Crippen LogP contribution in [0.3, 0.4) is 0 Å². The standard InChI is InChI=1S/C13H17N5/c14-9-10-3-2-8-18(10)13-6-5-12(16-17-13)11-4-1-7-15-11/h1,4-7,10,15H,2-3,8-9,14H2. The van der Waals surface area contributed by atoms with Gasteiger partial charge in [-0.2, -0.15) is 0 Å². The van der Waals surface area contributed by atoms with Crippen molar-refractivity contribution < 1.29 is 0 Å².